The van der Waals surface area contributed by atoms with Crippen LogP contribution in [0.1, 0.15) is 39.7 Å². The fourth-order valence-corrected chi connectivity index (χ4v) is 3.21. The second kappa shape index (κ2) is 10.2. The zero-order chi connectivity index (χ0) is 22.3. The molecule has 0 spiro atoms. The first-order valence-corrected chi connectivity index (χ1v) is 10.2. The van der Waals surface area contributed by atoms with Gasteiger partial charge in [-0.2, -0.15) is 5.01 Å². The number of carbonyl (C=O) groups excluding carboxylic acids is 4. The van der Waals surface area contributed by atoms with Gasteiger partial charge in [0.05, 0.1) is 13.1 Å². The van der Waals surface area contributed by atoms with Gasteiger partial charge in [-0.15, -0.1) is 0 Å². The zero-order valence-corrected chi connectivity index (χ0v) is 18.0. The molecule has 0 radical (unpaired) electrons. The predicted octanol–water partition coefficient (Wildman–Crippen LogP) is 0.807. The van der Waals surface area contributed by atoms with Crippen LogP contribution in [0.25, 0.3) is 0 Å². The number of hydrogen-bond acceptors (Lipinski definition) is 5. The van der Waals surface area contributed by atoms with E-state index in [1.807, 2.05) is 51.1 Å². The molecule has 1 aromatic rings. The number of hydrazine groups is 1. The molecule has 1 aromatic carbocycles. The van der Waals surface area contributed by atoms with Gasteiger partial charge in [-0.1, -0.05) is 37.3 Å². The van der Waals surface area contributed by atoms with E-state index in [2.05, 4.69) is 16.1 Å². The van der Waals surface area contributed by atoms with Crippen LogP contribution in [0.5, 0.6) is 0 Å². The second-order valence-electron chi connectivity index (χ2n) is 7.95. The van der Waals surface area contributed by atoms with Gasteiger partial charge in [0.1, 0.15) is 5.54 Å². The normalized spacial score (nSPS) is 18.7. The molecular weight excluding hydrogens is 386 g/mol. The van der Waals surface area contributed by atoms with Crippen LogP contribution in [0, 0.1) is 0 Å². The molecule has 164 valence electrons. The number of imide groups is 1. The molecule has 1 fully saturated rings. The minimum absolute atomic E-state index is 0.00418. The van der Waals surface area contributed by atoms with Gasteiger partial charge in [0, 0.05) is 6.04 Å². The SMILES string of the molecule is CCN(CC(=O)NC(C)C)CC(=O)NN1C(=O)N[C@@](C)(CCc2ccccc2)C1=O. The number of rotatable bonds is 10. The van der Waals surface area contributed by atoms with E-state index in [0.717, 1.165) is 10.6 Å². The van der Waals surface area contributed by atoms with Crippen LogP contribution in [-0.4, -0.2) is 64.9 Å². The molecule has 1 heterocycles. The molecule has 3 N–H and O–H groups in total. The summed E-state index contributed by atoms with van der Waals surface area (Å²) >= 11 is 0. The maximum absolute atomic E-state index is 12.8. The van der Waals surface area contributed by atoms with Crippen LogP contribution >= 0.6 is 0 Å². The number of benzene rings is 1. The van der Waals surface area contributed by atoms with Gasteiger partial charge >= 0.3 is 6.03 Å². The summed E-state index contributed by atoms with van der Waals surface area (Å²) < 4.78 is 0. The fourth-order valence-electron chi connectivity index (χ4n) is 3.21. The van der Waals surface area contributed by atoms with Gasteiger partial charge in [-0.05, 0) is 45.7 Å². The summed E-state index contributed by atoms with van der Waals surface area (Å²) in [6, 6.07) is 9.00. The standard InChI is InChI=1S/C21H31N5O4/c1-5-25(13-17(27)22-15(2)3)14-18(28)24-26-19(29)21(4,23-20(26)30)12-11-16-9-7-6-8-10-16/h6-10,15H,5,11-14H2,1-4H3,(H,22,27)(H,23,30)(H,24,28)/t21-/m0/s1. The first kappa shape index (κ1) is 23.3. The summed E-state index contributed by atoms with van der Waals surface area (Å²) in [7, 11) is 0. The number of amides is 5. The molecule has 1 atom stereocenters. The smallest absolute Gasteiger partial charge is 0.344 e. The fraction of sp³-hybridized carbons (Fsp3) is 0.524. The van der Waals surface area contributed by atoms with Crippen molar-refractivity contribution in [3.8, 4) is 0 Å². The quantitative estimate of drug-likeness (QED) is 0.488. The third-order valence-corrected chi connectivity index (χ3v) is 4.89. The Labute approximate surface area is 177 Å². The Morgan fingerprint density at radius 3 is 2.37 bits per heavy atom. The molecule has 0 saturated carbocycles. The molecule has 1 saturated heterocycles. The summed E-state index contributed by atoms with van der Waals surface area (Å²) in [5.74, 6) is -1.23. The maximum atomic E-state index is 12.8. The Kier molecular flexibility index (Phi) is 7.93. The van der Waals surface area contributed by atoms with E-state index < -0.39 is 23.4 Å². The van der Waals surface area contributed by atoms with Gasteiger partial charge in [-0.3, -0.25) is 24.7 Å². The Morgan fingerprint density at radius 2 is 1.77 bits per heavy atom. The molecule has 2 rings (SSSR count). The lowest BCUT2D eigenvalue weighted by Gasteiger charge is -2.23. The highest BCUT2D eigenvalue weighted by molar-refractivity contribution is 6.07. The predicted molar refractivity (Wildman–Crippen MR) is 112 cm³/mol. The van der Waals surface area contributed by atoms with Crippen LogP contribution in [-0.2, 0) is 20.8 Å². The topological polar surface area (TPSA) is 111 Å². The number of urea groups is 1. The molecule has 0 aliphatic carbocycles. The molecule has 5 amide bonds. The van der Waals surface area contributed by atoms with Crippen molar-refractivity contribution in [2.75, 3.05) is 19.6 Å². The summed E-state index contributed by atoms with van der Waals surface area (Å²) in [4.78, 5) is 51.0. The Balaban J connectivity index is 1.92. The molecule has 0 bridgehead atoms. The van der Waals surface area contributed by atoms with E-state index in [1.165, 1.54) is 0 Å². The van der Waals surface area contributed by atoms with Crippen molar-refractivity contribution in [2.45, 2.75) is 52.1 Å². The van der Waals surface area contributed by atoms with Crippen molar-refractivity contribution in [1.29, 1.82) is 0 Å². The van der Waals surface area contributed by atoms with E-state index in [4.69, 9.17) is 0 Å². The van der Waals surface area contributed by atoms with Gasteiger partial charge in [0.2, 0.25) is 5.91 Å². The van der Waals surface area contributed by atoms with Crippen LogP contribution in [0.3, 0.4) is 0 Å². The molecule has 1 aliphatic rings. The second-order valence-corrected chi connectivity index (χ2v) is 7.95. The Morgan fingerprint density at radius 1 is 1.13 bits per heavy atom. The summed E-state index contributed by atoms with van der Waals surface area (Å²) in [6.45, 7) is 7.59. The number of carbonyl (C=O) groups is 4. The molecule has 30 heavy (non-hydrogen) atoms. The molecule has 0 unspecified atom stereocenters. The van der Waals surface area contributed by atoms with Crippen molar-refractivity contribution < 1.29 is 19.2 Å². The van der Waals surface area contributed by atoms with E-state index in [9.17, 15) is 19.2 Å². The highest BCUT2D eigenvalue weighted by atomic mass is 16.2. The number of likely N-dealkylation sites (N-methyl/N-ethyl adjacent to an activating group) is 1. The highest BCUT2D eigenvalue weighted by Crippen LogP contribution is 2.22. The lowest BCUT2D eigenvalue weighted by molar-refractivity contribution is -0.139. The highest BCUT2D eigenvalue weighted by Gasteiger charge is 2.48. The lowest BCUT2D eigenvalue weighted by atomic mass is 9.93. The summed E-state index contributed by atoms with van der Waals surface area (Å²) in [5.41, 5.74) is 2.33. The number of aryl methyl sites for hydroxylation is 1. The third kappa shape index (κ3) is 6.28. The molecule has 0 aromatic heterocycles. The van der Waals surface area contributed by atoms with E-state index in [0.29, 0.717) is 19.4 Å². The summed E-state index contributed by atoms with van der Waals surface area (Å²) in [5, 5.41) is 6.17. The van der Waals surface area contributed by atoms with Crippen LogP contribution in [0.15, 0.2) is 30.3 Å². The first-order valence-electron chi connectivity index (χ1n) is 10.2. The van der Waals surface area contributed by atoms with Crippen molar-refractivity contribution in [2.24, 2.45) is 0 Å². The summed E-state index contributed by atoms with van der Waals surface area (Å²) in [6.07, 6.45) is 1.02. The number of nitrogens with zero attached hydrogens (tertiary/aromatic N) is 2. The number of nitrogens with one attached hydrogen (secondary N) is 3. The van der Waals surface area contributed by atoms with Gasteiger partial charge in [-0.25, -0.2) is 4.79 Å². The van der Waals surface area contributed by atoms with Gasteiger partial charge in [0.15, 0.2) is 0 Å². The van der Waals surface area contributed by atoms with E-state index in [-0.39, 0.29) is 25.0 Å². The largest absolute Gasteiger partial charge is 0.353 e. The van der Waals surface area contributed by atoms with Crippen LogP contribution in [0.2, 0.25) is 0 Å². The monoisotopic (exact) mass is 417 g/mol. The molecule has 9 nitrogen and oxygen atoms in total. The Bertz CT molecular complexity index is 783. The third-order valence-electron chi connectivity index (χ3n) is 4.89. The molecule has 9 heteroatoms. The maximum Gasteiger partial charge on any atom is 0.344 e. The molecular formula is C21H31N5O4. The van der Waals surface area contributed by atoms with Crippen LogP contribution in [0.4, 0.5) is 4.79 Å². The first-order chi connectivity index (χ1) is 14.1. The van der Waals surface area contributed by atoms with E-state index in [1.54, 1.807) is 11.8 Å². The van der Waals surface area contributed by atoms with Crippen molar-refractivity contribution in [3.05, 3.63) is 35.9 Å². The van der Waals surface area contributed by atoms with Gasteiger partial charge < -0.3 is 10.6 Å². The average molecular weight is 418 g/mol. The Hall–Kier alpha value is -2.94. The number of hydrogen-bond donors (Lipinski definition) is 3. The zero-order valence-electron chi connectivity index (χ0n) is 18.0. The molecule has 1 aliphatic heterocycles. The van der Waals surface area contributed by atoms with Crippen molar-refractivity contribution in [3.63, 3.8) is 0 Å². The lowest BCUT2D eigenvalue weighted by Crippen LogP contribution is -2.52. The van der Waals surface area contributed by atoms with Crippen molar-refractivity contribution in [1.82, 2.24) is 26.0 Å². The average Bonchev–Trinajstić information content (AvgIpc) is 2.89. The van der Waals surface area contributed by atoms with E-state index >= 15 is 0 Å². The van der Waals surface area contributed by atoms with Crippen LogP contribution < -0.4 is 16.1 Å². The van der Waals surface area contributed by atoms with Crippen molar-refractivity contribution >= 4 is 23.8 Å². The minimum Gasteiger partial charge on any atom is -0.353 e. The minimum atomic E-state index is -1.10. The van der Waals surface area contributed by atoms with Gasteiger partial charge in [0.25, 0.3) is 11.8 Å².